The van der Waals surface area contributed by atoms with Gasteiger partial charge in [-0.2, -0.15) is 13.2 Å². The Bertz CT molecular complexity index is 1170. The third-order valence-corrected chi connectivity index (χ3v) is 5.92. The molecular weight excluding hydrogens is 399 g/mol. The molecule has 1 N–H and O–H groups in total. The van der Waals surface area contributed by atoms with Crippen LogP contribution in [0.25, 0.3) is 20.4 Å². The molecule has 1 amide bonds. The fourth-order valence-electron chi connectivity index (χ4n) is 2.50. The molecule has 0 radical (unpaired) electrons. The highest BCUT2D eigenvalue weighted by Gasteiger charge is 2.31. The number of carbonyl (C=O) groups is 1. The van der Waals surface area contributed by atoms with Gasteiger partial charge >= 0.3 is 6.18 Å². The Balaban J connectivity index is 1.66. The molecule has 0 saturated heterocycles. The maximum Gasteiger partial charge on any atom is 0.416 e. The third-order valence-electron chi connectivity index (χ3n) is 3.74. The number of amides is 1. The summed E-state index contributed by atoms with van der Waals surface area (Å²) in [7, 11) is 1.53. The quantitative estimate of drug-likeness (QED) is 0.506. The lowest BCUT2D eigenvalue weighted by atomic mass is 10.1. The molecule has 10 heteroatoms. The molecule has 0 aliphatic carbocycles. The fourth-order valence-corrected chi connectivity index (χ4v) is 4.46. The Morgan fingerprint density at radius 2 is 1.78 bits per heavy atom. The second kappa shape index (κ2) is 6.46. The number of carbonyl (C=O) groups excluding carboxylic acids is 1. The number of aromatic nitrogens is 2. The Hall–Kier alpha value is -2.72. The molecular formula is C17H10F3N3O2S2. The largest absolute Gasteiger partial charge is 0.473 e. The van der Waals surface area contributed by atoms with Crippen LogP contribution >= 0.6 is 22.7 Å². The van der Waals surface area contributed by atoms with Gasteiger partial charge in [0.2, 0.25) is 0 Å². The van der Waals surface area contributed by atoms with E-state index in [0.29, 0.717) is 15.8 Å². The molecule has 0 saturated carbocycles. The van der Waals surface area contributed by atoms with E-state index >= 15 is 0 Å². The summed E-state index contributed by atoms with van der Waals surface area (Å²) < 4.78 is 45.3. The molecule has 4 rings (SSSR count). The van der Waals surface area contributed by atoms with Crippen LogP contribution in [0.15, 0.2) is 36.4 Å². The molecule has 0 aliphatic heterocycles. The molecule has 27 heavy (non-hydrogen) atoms. The summed E-state index contributed by atoms with van der Waals surface area (Å²) in [6, 6.07) is 7.83. The zero-order valence-electron chi connectivity index (χ0n) is 13.6. The van der Waals surface area contributed by atoms with Gasteiger partial charge in [-0.15, -0.1) is 0 Å². The molecule has 2 aromatic carbocycles. The van der Waals surface area contributed by atoms with Gasteiger partial charge in [-0.1, -0.05) is 28.7 Å². The Kier molecular flexibility index (Phi) is 4.23. The second-order valence-corrected chi connectivity index (χ2v) is 7.46. The highest BCUT2D eigenvalue weighted by Crippen LogP contribution is 2.38. The number of rotatable bonds is 3. The van der Waals surface area contributed by atoms with Gasteiger partial charge in [0.05, 0.1) is 33.1 Å². The smallest absolute Gasteiger partial charge is 0.416 e. The second-order valence-electron chi connectivity index (χ2n) is 5.50. The van der Waals surface area contributed by atoms with E-state index in [2.05, 4.69) is 15.3 Å². The first-order valence-corrected chi connectivity index (χ1v) is 9.21. The predicted molar refractivity (Wildman–Crippen MR) is 98.7 cm³/mol. The van der Waals surface area contributed by atoms with Gasteiger partial charge in [-0.3, -0.25) is 10.1 Å². The zero-order valence-corrected chi connectivity index (χ0v) is 15.3. The fraction of sp³-hybridized carbons (Fsp3) is 0.118. The summed E-state index contributed by atoms with van der Waals surface area (Å²) in [5.74, 6) is -0.654. The highest BCUT2D eigenvalue weighted by molar-refractivity contribution is 7.29. The van der Waals surface area contributed by atoms with E-state index in [-0.39, 0.29) is 5.56 Å². The SMILES string of the molecule is COc1nc2ccc3nc(NC(=O)c4cccc(C(F)(F)F)c4)sc3c2s1. The first-order valence-electron chi connectivity index (χ1n) is 7.58. The minimum Gasteiger partial charge on any atom is -0.473 e. The maximum absolute atomic E-state index is 12.8. The van der Waals surface area contributed by atoms with Gasteiger partial charge < -0.3 is 4.74 Å². The van der Waals surface area contributed by atoms with Gasteiger partial charge in [-0.25, -0.2) is 9.97 Å². The minimum atomic E-state index is -4.51. The number of benzene rings is 2. The van der Waals surface area contributed by atoms with E-state index in [4.69, 9.17) is 4.74 Å². The van der Waals surface area contributed by atoms with Crippen LogP contribution in [-0.2, 0) is 6.18 Å². The lowest BCUT2D eigenvalue weighted by Gasteiger charge is -2.08. The van der Waals surface area contributed by atoms with Crippen molar-refractivity contribution in [3.05, 3.63) is 47.5 Å². The van der Waals surface area contributed by atoms with E-state index in [1.807, 2.05) is 0 Å². The molecule has 0 atom stereocenters. The van der Waals surface area contributed by atoms with Gasteiger partial charge in [0.25, 0.3) is 11.1 Å². The molecule has 0 bridgehead atoms. The number of hydrogen-bond acceptors (Lipinski definition) is 6. The van der Waals surface area contributed by atoms with E-state index < -0.39 is 17.6 Å². The molecule has 0 fully saturated rings. The van der Waals surface area contributed by atoms with Crippen molar-refractivity contribution in [1.82, 2.24) is 9.97 Å². The van der Waals surface area contributed by atoms with Crippen molar-refractivity contribution in [3.63, 3.8) is 0 Å². The molecule has 0 unspecified atom stereocenters. The average Bonchev–Trinajstić information content (AvgIpc) is 3.23. The summed E-state index contributed by atoms with van der Waals surface area (Å²) in [4.78, 5) is 21.0. The monoisotopic (exact) mass is 409 g/mol. The molecule has 0 aliphatic rings. The van der Waals surface area contributed by atoms with Crippen molar-refractivity contribution in [1.29, 1.82) is 0 Å². The molecule has 5 nitrogen and oxygen atoms in total. The van der Waals surface area contributed by atoms with E-state index in [0.717, 1.165) is 27.0 Å². The molecule has 2 heterocycles. The van der Waals surface area contributed by atoms with Gasteiger partial charge in [0.15, 0.2) is 5.13 Å². The highest BCUT2D eigenvalue weighted by atomic mass is 32.1. The van der Waals surface area contributed by atoms with Crippen molar-refractivity contribution in [2.75, 3.05) is 12.4 Å². The van der Waals surface area contributed by atoms with Crippen LogP contribution in [0, 0.1) is 0 Å². The van der Waals surface area contributed by atoms with Crippen molar-refractivity contribution in [2.24, 2.45) is 0 Å². The Morgan fingerprint density at radius 3 is 2.48 bits per heavy atom. The number of anilines is 1. The van der Waals surface area contributed by atoms with Gasteiger partial charge in [0.1, 0.15) is 0 Å². The van der Waals surface area contributed by atoms with Crippen molar-refractivity contribution < 1.29 is 22.7 Å². The topological polar surface area (TPSA) is 64.1 Å². The number of methoxy groups -OCH3 is 1. The number of halogens is 3. The average molecular weight is 409 g/mol. The van der Waals surface area contributed by atoms with Crippen LogP contribution in [0.4, 0.5) is 18.3 Å². The van der Waals surface area contributed by atoms with Crippen molar-refractivity contribution in [2.45, 2.75) is 6.18 Å². The van der Waals surface area contributed by atoms with Crippen LogP contribution in [0.1, 0.15) is 15.9 Å². The number of nitrogens with zero attached hydrogens (tertiary/aromatic N) is 2. The lowest BCUT2D eigenvalue weighted by molar-refractivity contribution is -0.137. The van der Waals surface area contributed by atoms with Crippen LogP contribution in [0.3, 0.4) is 0 Å². The van der Waals surface area contributed by atoms with E-state index in [1.54, 1.807) is 12.1 Å². The molecule has 4 aromatic rings. The molecule has 0 spiro atoms. The van der Waals surface area contributed by atoms with Crippen molar-refractivity contribution in [3.8, 4) is 5.19 Å². The lowest BCUT2D eigenvalue weighted by Crippen LogP contribution is -2.13. The van der Waals surface area contributed by atoms with Crippen molar-refractivity contribution >= 4 is 54.1 Å². The number of thiazole rings is 2. The van der Waals surface area contributed by atoms with Crippen LogP contribution < -0.4 is 10.1 Å². The number of fused-ring (bicyclic) bond motifs is 3. The van der Waals surface area contributed by atoms with Crippen LogP contribution in [0.2, 0.25) is 0 Å². The number of alkyl halides is 3. The van der Waals surface area contributed by atoms with Gasteiger partial charge in [-0.05, 0) is 30.3 Å². The number of nitrogens with one attached hydrogen (secondary N) is 1. The van der Waals surface area contributed by atoms with E-state index in [1.165, 1.54) is 41.9 Å². The van der Waals surface area contributed by atoms with E-state index in [9.17, 15) is 18.0 Å². The first-order chi connectivity index (χ1) is 12.8. The number of ether oxygens (including phenoxy) is 1. The van der Waals surface area contributed by atoms with Crippen LogP contribution in [-0.4, -0.2) is 23.0 Å². The predicted octanol–water partition coefficient (Wildman–Crippen LogP) is 5.19. The maximum atomic E-state index is 12.8. The molecule has 2 aromatic heterocycles. The summed E-state index contributed by atoms with van der Waals surface area (Å²) in [5.41, 5.74) is 0.452. The Morgan fingerprint density at radius 1 is 1.07 bits per heavy atom. The summed E-state index contributed by atoms with van der Waals surface area (Å²) in [6.45, 7) is 0. The zero-order chi connectivity index (χ0) is 19.2. The summed E-state index contributed by atoms with van der Waals surface area (Å²) >= 11 is 2.59. The summed E-state index contributed by atoms with van der Waals surface area (Å²) in [5, 5.41) is 3.38. The van der Waals surface area contributed by atoms with Crippen LogP contribution in [0.5, 0.6) is 5.19 Å². The normalized spacial score (nSPS) is 11.9. The number of hydrogen-bond donors (Lipinski definition) is 1. The Labute approximate surface area is 158 Å². The summed E-state index contributed by atoms with van der Waals surface area (Å²) in [6.07, 6.45) is -4.51. The van der Waals surface area contributed by atoms with Gasteiger partial charge in [0, 0.05) is 5.56 Å². The standard InChI is InChI=1S/C17H10F3N3O2S2/c1-25-16-22-11-6-5-10-12(13(11)27-16)26-15(21-10)23-14(24)8-3-2-4-9(7-8)17(18,19)20/h2-7H,1H3,(H,21,23,24). The minimum absolute atomic E-state index is 0.0892. The molecule has 138 valence electrons. The first kappa shape index (κ1) is 17.7. The third kappa shape index (κ3) is 3.33.